The van der Waals surface area contributed by atoms with E-state index in [9.17, 15) is 5.26 Å². The second kappa shape index (κ2) is 18.0. The van der Waals surface area contributed by atoms with Gasteiger partial charge in [0, 0.05) is 46.0 Å². The Bertz CT molecular complexity index is 3680. The van der Waals surface area contributed by atoms with Crippen molar-refractivity contribution in [3.05, 3.63) is 217 Å². The van der Waals surface area contributed by atoms with Crippen molar-refractivity contribution in [2.24, 2.45) is 0 Å². The lowest BCUT2D eigenvalue weighted by Crippen LogP contribution is -2.25. The summed E-state index contributed by atoms with van der Waals surface area (Å²) in [4.78, 5) is 9.87. The van der Waals surface area contributed by atoms with E-state index in [1.165, 1.54) is 44.5 Å². The summed E-state index contributed by atoms with van der Waals surface area (Å²) in [6.07, 6.45) is 1.89. The zero-order valence-corrected chi connectivity index (χ0v) is 43.3. The van der Waals surface area contributed by atoms with Gasteiger partial charge in [-0.1, -0.05) is 165 Å². The molecule has 0 N–H and O–H groups in total. The molecule has 10 aromatic rings. The molecule has 0 aliphatic carbocycles. The lowest BCUT2D eigenvalue weighted by molar-refractivity contribution is 0.483. The van der Waals surface area contributed by atoms with E-state index in [0.717, 1.165) is 61.7 Å². The van der Waals surface area contributed by atoms with E-state index in [-0.39, 0.29) is 16.2 Å². The van der Waals surface area contributed by atoms with Gasteiger partial charge in [0.1, 0.15) is 24.0 Å². The Morgan fingerprint density at radius 3 is 1.74 bits per heavy atom. The number of anilines is 4. The summed E-state index contributed by atoms with van der Waals surface area (Å²) < 4.78 is 9.09. The van der Waals surface area contributed by atoms with Crippen molar-refractivity contribution in [3.63, 3.8) is 0 Å². The second-order valence-corrected chi connectivity index (χ2v) is 22.5. The summed E-state index contributed by atoms with van der Waals surface area (Å²) in [6.45, 7) is 21.1. The molecule has 8 aromatic carbocycles. The van der Waals surface area contributed by atoms with E-state index in [2.05, 4.69) is 240 Å². The zero-order valence-electron chi connectivity index (χ0n) is 43.3. The van der Waals surface area contributed by atoms with Gasteiger partial charge in [0.05, 0.1) is 34.0 Å². The fourth-order valence-electron chi connectivity index (χ4n) is 10.4. The molecule has 1 aliphatic rings. The molecule has 0 atom stereocenters. The SMILES string of the molecule is CC(C)(C)c1cc(N2CN(c3cccc(Oc4ccc5c6cc(C#N)ccc6n(-c6cc(C(C)(C)C)ccn6)c5c4)c3)c3cccc(-c4c(-c5ccccc5)cccc4-c4ccccc4)c32)cc(C(C)(C)C)c1. The molecule has 360 valence electrons. The van der Waals surface area contributed by atoms with Crippen molar-refractivity contribution in [3.8, 4) is 56.8 Å². The highest BCUT2D eigenvalue weighted by Gasteiger charge is 2.34. The molecule has 6 nitrogen and oxygen atoms in total. The smallest absolute Gasteiger partial charge is 0.137 e. The number of aromatic nitrogens is 2. The summed E-state index contributed by atoms with van der Waals surface area (Å²) in [6, 6.07) is 69.5. The van der Waals surface area contributed by atoms with Crippen molar-refractivity contribution in [1.82, 2.24) is 9.55 Å². The number of pyridine rings is 1. The predicted octanol–water partition coefficient (Wildman–Crippen LogP) is 18.0. The van der Waals surface area contributed by atoms with Gasteiger partial charge < -0.3 is 14.5 Å². The van der Waals surface area contributed by atoms with E-state index < -0.39 is 0 Å². The molecule has 6 heteroatoms. The van der Waals surface area contributed by atoms with Crippen LogP contribution in [0.25, 0.3) is 61.0 Å². The first kappa shape index (κ1) is 47.0. The molecule has 73 heavy (non-hydrogen) atoms. The molecule has 0 radical (unpaired) electrons. The molecule has 0 saturated carbocycles. The molecular formula is C67H61N5O. The molecule has 0 saturated heterocycles. The van der Waals surface area contributed by atoms with Crippen molar-refractivity contribution in [2.75, 3.05) is 16.5 Å². The Morgan fingerprint density at radius 1 is 0.479 bits per heavy atom. The van der Waals surface area contributed by atoms with Crippen molar-refractivity contribution in [1.29, 1.82) is 5.26 Å². The van der Waals surface area contributed by atoms with Crippen LogP contribution in [-0.4, -0.2) is 16.2 Å². The number of ether oxygens (including phenoxy) is 1. The third-order valence-electron chi connectivity index (χ3n) is 14.4. The molecule has 0 fully saturated rings. The molecule has 2 aromatic heterocycles. The monoisotopic (exact) mass is 951 g/mol. The molecule has 0 spiro atoms. The van der Waals surface area contributed by atoms with Gasteiger partial charge in [-0.3, -0.25) is 4.57 Å². The maximum absolute atomic E-state index is 9.91. The average molecular weight is 952 g/mol. The maximum Gasteiger partial charge on any atom is 0.137 e. The molecule has 0 amide bonds. The highest BCUT2D eigenvalue weighted by Crippen LogP contribution is 2.54. The van der Waals surface area contributed by atoms with E-state index in [1.807, 2.05) is 36.5 Å². The van der Waals surface area contributed by atoms with Crippen molar-refractivity contribution in [2.45, 2.75) is 78.6 Å². The minimum Gasteiger partial charge on any atom is -0.457 e. The van der Waals surface area contributed by atoms with Gasteiger partial charge in [0.25, 0.3) is 0 Å². The maximum atomic E-state index is 9.91. The minimum absolute atomic E-state index is 0.0677. The normalized spacial score (nSPS) is 12.9. The largest absolute Gasteiger partial charge is 0.457 e. The summed E-state index contributed by atoms with van der Waals surface area (Å²) in [5.41, 5.74) is 17.6. The van der Waals surface area contributed by atoms with Gasteiger partial charge in [-0.05, 0) is 134 Å². The second-order valence-electron chi connectivity index (χ2n) is 22.5. The van der Waals surface area contributed by atoms with Crippen LogP contribution in [0, 0.1) is 11.3 Å². The number of nitrogens with zero attached hydrogens (tertiary/aromatic N) is 5. The van der Waals surface area contributed by atoms with Crippen LogP contribution in [0.15, 0.2) is 194 Å². The van der Waals surface area contributed by atoms with Gasteiger partial charge in [-0.2, -0.15) is 5.26 Å². The lowest BCUT2D eigenvalue weighted by atomic mass is 9.80. The van der Waals surface area contributed by atoms with Crippen LogP contribution in [0.3, 0.4) is 0 Å². The third-order valence-corrected chi connectivity index (χ3v) is 14.4. The standard InChI is InChI=1S/C67H61N5O/c1-65(2,3)47-33-34-69-62(39-47)72-59-32-29-44(42-68)35-58(59)56-31-30-53(41-61(56)72)73-52-24-16-23-50(40-52)70-43-71(51-37-48(66(4,5)6)36-49(38-51)67(7,8)9)64-57(27-18-28-60(64)70)63-54(45-19-12-10-13-20-45)25-17-26-55(63)46-21-14-11-15-22-46/h10-41H,43H2,1-9H3. The first-order chi connectivity index (χ1) is 35.0. The van der Waals surface area contributed by atoms with E-state index in [0.29, 0.717) is 18.0 Å². The molecule has 3 heterocycles. The Labute approximate surface area is 430 Å². The topological polar surface area (TPSA) is 57.3 Å². The summed E-state index contributed by atoms with van der Waals surface area (Å²) in [5.74, 6) is 2.24. The summed E-state index contributed by atoms with van der Waals surface area (Å²) in [5, 5.41) is 11.9. The summed E-state index contributed by atoms with van der Waals surface area (Å²) in [7, 11) is 0. The Balaban J connectivity index is 1.07. The van der Waals surface area contributed by atoms with Crippen LogP contribution in [0.2, 0.25) is 0 Å². The number of benzene rings is 8. The molecule has 1 aliphatic heterocycles. The number of nitriles is 1. The highest BCUT2D eigenvalue weighted by atomic mass is 16.5. The molecule has 0 unspecified atom stereocenters. The number of hydrogen-bond acceptors (Lipinski definition) is 5. The Kier molecular flexibility index (Phi) is 11.6. The van der Waals surface area contributed by atoms with Crippen LogP contribution in [0.5, 0.6) is 11.5 Å². The van der Waals surface area contributed by atoms with Crippen LogP contribution in [0.1, 0.15) is 84.6 Å². The Hall–Kier alpha value is -8.40. The first-order valence-corrected chi connectivity index (χ1v) is 25.3. The summed E-state index contributed by atoms with van der Waals surface area (Å²) >= 11 is 0. The van der Waals surface area contributed by atoms with Crippen LogP contribution in [-0.2, 0) is 16.2 Å². The molecular weight excluding hydrogens is 891 g/mol. The van der Waals surface area contributed by atoms with Gasteiger partial charge in [-0.15, -0.1) is 0 Å². The first-order valence-electron chi connectivity index (χ1n) is 25.3. The fourth-order valence-corrected chi connectivity index (χ4v) is 10.4. The van der Waals surface area contributed by atoms with E-state index >= 15 is 0 Å². The van der Waals surface area contributed by atoms with Gasteiger partial charge in [0.15, 0.2) is 0 Å². The number of hydrogen-bond donors (Lipinski definition) is 0. The minimum atomic E-state index is -0.0756. The average Bonchev–Trinajstić information content (AvgIpc) is 3.94. The highest BCUT2D eigenvalue weighted by molar-refractivity contribution is 6.10. The zero-order chi connectivity index (χ0) is 50.8. The van der Waals surface area contributed by atoms with Crippen LogP contribution < -0.4 is 14.5 Å². The third kappa shape index (κ3) is 8.80. The van der Waals surface area contributed by atoms with Crippen LogP contribution >= 0.6 is 0 Å². The predicted molar refractivity (Wildman–Crippen MR) is 304 cm³/mol. The van der Waals surface area contributed by atoms with Gasteiger partial charge >= 0.3 is 0 Å². The molecule has 0 bridgehead atoms. The molecule has 11 rings (SSSR count). The number of rotatable bonds is 8. The fraction of sp³-hybridized carbons (Fsp3) is 0.194. The van der Waals surface area contributed by atoms with E-state index in [1.54, 1.807) is 0 Å². The van der Waals surface area contributed by atoms with Crippen molar-refractivity contribution < 1.29 is 4.74 Å². The van der Waals surface area contributed by atoms with Gasteiger partial charge in [-0.25, -0.2) is 4.98 Å². The number of fused-ring (bicyclic) bond motifs is 4. The quantitative estimate of drug-likeness (QED) is 0.152. The van der Waals surface area contributed by atoms with Gasteiger partial charge in [0.2, 0.25) is 0 Å². The van der Waals surface area contributed by atoms with Crippen molar-refractivity contribution >= 4 is 44.6 Å². The Morgan fingerprint density at radius 2 is 1.10 bits per heavy atom. The lowest BCUT2D eigenvalue weighted by Gasteiger charge is -2.30. The van der Waals surface area contributed by atoms with E-state index in [4.69, 9.17) is 9.72 Å². The van der Waals surface area contributed by atoms with Crippen LogP contribution in [0.4, 0.5) is 22.7 Å². The number of para-hydroxylation sites is 1.